The van der Waals surface area contributed by atoms with Crippen LogP contribution in [0.3, 0.4) is 0 Å². The second kappa shape index (κ2) is 8.62. The Kier molecular flexibility index (Phi) is 5.76. The zero-order valence-corrected chi connectivity index (χ0v) is 17.0. The summed E-state index contributed by atoms with van der Waals surface area (Å²) in [5.74, 6) is -0.00545. The molecule has 1 aliphatic carbocycles. The molecule has 0 heterocycles. The lowest BCUT2D eigenvalue weighted by molar-refractivity contribution is 0.580. The molecule has 0 aromatic heterocycles. The molecule has 146 valence electrons. The van der Waals surface area contributed by atoms with Crippen LogP contribution in [-0.2, 0) is 12.8 Å². The maximum atomic E-state index is 15.2. The lowest BCUT2D eigenvalue weighted by Crippen LogP contribution is -1.96. The lowest BCUT2D eigenvalue weighted by Gasteiger charge is -2.08. The Bertz CT molecular complexity index is 1060. The molecule has 0 fully saturated rings. The van der Waals surface area contributed by atoms with Crippen molar-refractivity contribution in [3.05, 3.63) is 82.7 Å². The fraction of sp³-hybridized carbons (Fsp3) is 0.296. The number of hydrogen-bond donors (Lipinski definition) is 0. The van der Waals surface area contributed by atoms with Crippen molar-refractivity contribution < 1.29 is 4.39 Å². The Labute approximate surface area is 172 Å². The normalized spacial score (nSPS) is 11.8. The van der Waals surface area contributed by atoms with Gasteiger partial charge in [-0.2, -0.15) is 5.26 Å². The van der Waals surface area contributed by atoms with Crippen molar-refractivity contribution in [3.8, 4) is 28.3 Å². The fourth-order valence-electron chi connectivity index (χ4n) is 4.32. The molecule has 2 heteroatoms. The van der Waals surface area contributed by atoms with Crippen LogP contribution in [-0.4, -0.2) is 0 Å². The predicted octanol–water partition coefficient (Wildman–Crippen LogP) is 7.45. The van der Waals surface area contributed by atoms with E-state index in [-0.39, 0.29) is 5.82 Å². The van der Waals surface area contributed by atoms with E-state index in [0.717, 1.165) is 46.2 Å². The predicted molar refractivity (Wildman–Crippen MR) is 117 cm³/mol. The van der Waals surface area contributed by atoms with Crippen LogP contribution in [0.25, 0.3) is 22.3 Å². The summed E-state index contributed by atoms with van der Waals surface area (Å²) in [6, 6.07) is 20.2. The van der Waals surface area contributed by atoms with Crippen molar-refractivity contribution >= 4 is 0 Å². The molecule has 0 bridgehead atoms. The van der Waals surface area contributed by atoms with Crippen molar-refractivity contribution in [1.29, 1.82) is 5.26 Å². The Morgan fingerprint density at radius 1 is 0.862 bits per heavy atom. The fourth-order valence-corrected chi connectivity index (χ4v) is 4.32. The third-order valence-electron chi connectivity index (χ3n) is 5.98. The largest absolute Gasteiger partial charge is 0.206 e. The van der Waals surface area contributed by atoms with E-state index < -0.39 is 0 Å². The van der Waals surface area contributed by atoms with Crippen molar-refractivity contribution in [1.82, 2.24) is 0 Å². The first-order chi connectivity index (χ1) is 14.2. The zero-order chi connectivity index (χ0) is 20.2. The molecule has 29 heavy (non-hydrogen) atoms. The van der Waals surface area contributed by atoms with Crippen molar-refractivity contribution in [2.24, 2.45) is 0 Å². The monoisotopic (exact) mass is 383 g/mol. The molecule has 0 saturated carbocycles. The summed E-state index contributed by atoms with van der Waals surface area (Å²) in [7, 11) is 0. The minimum atomic E-state index is -0.00545. The van der Waals surface area contributed by atoms with Crippen LogP contribution in [0, 0.1) is 17.1 Å². The van der Waals surface area contributed by atoms with E-state index >= 15 is 4.39 Å². The maximum Gasteiger partial charge on any atom is 0.130 e. The first-order valence-electron chi connectivity index (χ1n) is 10.7. The summed E-state index contributed by atoms with van der Waals surface area (Å²) in [5.41, 5.74) is 7.92. The van der Waals surface area contributed by atoms with Crippen LogP contribution in [0.1, 0.15) is 61.3 Å². The Hall–Kier alpha value is -2.92. The van der Waals surface area contributed by atoms with Crippen molar-refractivity contribution in [3.63, 3.8) is 0 Å². The van der Waals surface area contributed by atoms with E-state index in [1.807, 2.05) is 30.3 Å². The standard InChI is InChI=1S/C27H26FN/c1-2-3-4-5-6-7-21-12-15-25-24-14-13-22(16-23(24)17-26(25)27(21)28)20-10-8-19(18-29)9-11-20/h8-16H,2-7,17H2,1H3. The van der Waals surface area contributed by atoms with Gasteiger partial charge < -0.3 is 0 Å². The van der Waals surface area contributed by atoms with Gasteiger partial charge >= 0.3 is 0 Å². The van der Waals surface area contributed by atoms with E-state index in [2.05, 4.69) is 37.3 Å². The first kappa shape index (κ1) is 19.4. The summed E-state index contributed by atoms with van der Waals surface area (Å²) in [6.07, 6.45) is 7.47. The number of fused-ring (bicyclic) bond motifs is 3. The number of halogens is 1. The van der Waals surface area contributed by atoms with E-state index in [0.29, 0.717) is 12.0 Å². The molecular formula is C27H26FN. The second-order valence-electron chi connectivity index (χ2n) is 7.97. The molecule has 4 rings (SSSR count). The highest BCUT2D eigenvalue weighted by molar-refractivity contribution is 5.80. The quantitative estimate of drug-likeness (QED) is 0.304. The highest BCUT2D eigenvalue weighted by atomic mass is 19.1. The minimum absolute atomic E-state index is 0.00545. The van der Waals surface area contributed by atoms with Gasteiger partial charge in [0, 0.05) is 12.0 Å². The number of benzene rings is 3. The summed E-state index contributed by atoms with van der Waals surface area (Å²) in [4.78, 5) is 0. The highest BCUT2D eigenvalue weighted by Gasteiger charge is 2.23. The number of unbranched alkanes of at least 4 members (excludes halogenated alkanes) is 4. The number of nitrogens with zero attached hydrogens (tertiary/aromatic N) is 1. The minimum Gasteiger partial charge on any atom is -0.206 e. The number of hydrogen-bond acceptors (Lipinski definition) is 1. The molecule has 0 spiro atoms. The van der Waals surface area contributed by atoms with Crippen LogP contribution < -0.4 is 0 Å². The molecular weight excluding hydrogens is 357 g/mol. The van der Waals surface area contributed by atoms with Crippen molar-refractivity contribution in [2.45, 2.75) is 51.9 Å². The molecule has 0 radical (unpaired) electrons. The van der Waals surface area contributed by atoms with Gasteiger partial charge in [0.15, 0.2) is 0 Å². The number of aryl methyl sites for hydroxylation is 1. The van der Waals surface area contributed by atoms with E-state index in [1.54, 1.807) is 0 Å². The van der Waals surface area contributed by atoms with Crippen LogP contribution >= 0.6 is 0 Å². The van der Waals surface area contributed by atoms with Gasteiger partial charge in [-0.3, -0.25) is 0 Å². The maximum absolute atomic E-state index is 15.2. The van der Waals surface area contributed by atoms with E-state index in [4.69, 9.17) is 5.26 Å². The average Bonchev–Trinajstić information content (AvgIpc) is 3.14. The van der Waals surface area contributed by atoms with E-state index in [1.165, 1.54) is 31.2 Å². The number of rotatable bonds is 7. The average molecular weight is 384 g/mol. The SMILES string of the molecule is CCCCCCCc1ccc2c(c1F)Cc1cc(-c3ccc(C#N)cc3)ccc1-2. The Balaban J connectivity index is 1.54. The third kappa shape index (κ3) is 3.96. The summed E-state index contributed by atoms with van der Waals surface area (Å²) in [5, 5.41) is 8.98. The molecule has 0 atom stereocenters. The van der Waals surface area contributed by atoms with Crippen LogP contribution in [0.5, 0.6) is 0 Å². The molecule has 3 aromatic carbocycles. The Morgan fingerprint density at radius 2 is 1.59 bits per heavy atom. The molecule has 0 aliphatic heterocycles. The van der Waals surface area contributed by atoms with Gasteiger partial charge in [0.2, 0.25) is 0 Å². The molecule has 1 aliphatic rings. The second-order valence-corrected chi connectivity index (χ2v) is 7.97. The summed E-state index contributed by atoms with van der Waals surface area (Å²) in [6.45, 7) is 2.21. The third-order valence-corrected chi connectivity index (χ3v) is 5.98. The van der Waals surface area contributed by atoms with Crippen LogP contribution in [0.4, 0.5) is 4.39 Å². The molecule has 0 N–H and O–H groups in total. The summed E-state index contributed by atoms with van der Waals surface area (Å²) >= 11 is 0. The molecule has 0 saturated heterocycles. The molecule has 0 unspecified atom stereocenters. The molecule has 1 nitrogen and oxygen atoms in total. The van der Waals surface area contributed by atoms with Crippen molar-refractivity contribution in [2.75, 3.05) is 0 Å². The van der Waals surface area contributed by atoms with Gasteiger partial charge in [0.25, 0.3) is 0 Å². The summed E-state index contributed by atoms with van der Waals surface area (Å²) < 4.78 is 15.2. The highest BCUT2D eigenvalue weighted by Crippen LogP contribution is 2.40. The molecule has 3 aromatic rings. The van der Waals surface area contributed by atoms with E-state index in [9.17, 15) is 0 Å². The smallest absolute Gasteiger partial charge is 0.130 e. The van der Waals surface area contributed by atoms with Gasteiger partial charge in [0.1, 0.15) is 5.82 Å². The topological polar surface area (TPSA) is 23.8 Å². The zero-order valence-electron chi connectivity index (χ0n) is 17.0. The number of nitriles is 1. The van der Waals surface area contributed by atoms with Gasteiger partial charge in [-0.1, -0.05) is 75.1 Å². The first-order valence-corrected chi connectivity index (χ1v) is 10.7. The van der Waals surface area contributed by atoms with Gasteiger partial charge in [0.05, 0.1) is 11.6 Å². The van der Waals surface area contributed by atoms with Gasteiger partial charge in [-0.05, 0) is 58.4 Å². The van der Waals surface area contributed by atoms with Crippen LogP contribution in [0.2, 0.25) is 0 Å². The molecule has 0 amide bonds. The Morgan fingerprint density at radius 3 is 2.34 bits per heavy atom. The lowest BCUT2D eigenvalue weighted by atomic mass is 9.98. The van der Waals surface area contributed by atoms with Gasteiger partial charge in [-0.25, -0.2) is 4.39 Å². The van der Waals surface area contributed by atoms with Crippen LogP contribution in [0.15, 0.2) is 54.6 Å². The van der Waals surface area contributed by atoms with Gasteiger partial charge in [-0.15, -0.1) is 0 Å².